The van der Waals surface area contributed by atoms with E-state index in [1.54, 1.807) is 13.2 Å². The van der Waals surface area contributed by atoms with Gasteiger partial charge in [0.25, 0.3) is 0 Å². The molecule has 0 fully saturated rings. The van der Waals surface area contributed by atoms with Crippen molar-refractivity contribution in [1.82, 2.24) is 20.6 Å². The Balaban J connectivity index is 1.52. The number of benzene rings is 3. The summed E-state index contributed by atoms with van der Waals surface area (Å²) in [6.45, 7) is 0.334. The second-order valence-electron chi connectivity index (χ2n) is 7.16. The van der Waals surface area contributed by atoms with Gasteiger partial charge >= 0.3 is 6.03 Å². The first-order chi connectivity index (χ1) is 15.1. The van der Waals surface area contributed by atoms with Gasteiger partial charge in [0, 0.05) is 11.6 Å². The van der Waals surface area contributed by atoms with E-state index in [9.17, 15) is 4.79 Å². The van der Waals surface area contributed by atoms with Crippen LogP contribution in [0, 0.1) is 0 Å². The predicted molar refractivity (Wildman–Crippen MR) is 122 cm³/mol. The normalized spacial score (nSPS) is 11.8. The van der Waals surface area contributed by atoms with Gasteiger partial charge in [-0.05, 0) is 47.9 Å². The molecule has 1 aromatic heterocycles. The number of H-pyrrole nitrogens is 1. The summed E-state index contributed by atoms with van der Waals surface area (Å²) in [5.74, 6) is 1.49. The topological polar surface area (TPSA) is 79.0 Å². The zero-order valence-electron chi connectivity index (χ0n) is 17.1. The molecule has 0 radical (unpaired) electrons. The summed E-state index contributed by atoms with van der Waals surface area (Å²) in [7, 11) is 1.64. The van der Waals surface area contributed by atoms with Gasteiger partial charge in [-0.15, -0.1) is 0 Å². The Morgan fingerprint density at radius 2 is 1.81 bits per heavy atom. The van der Waals surface area contributed by atoms with Gasteiger partial charge in [-0.2, -0.15) is 0 Å². The van der Waals surface area contributed by atoms with E-state index in [4.69, 9.17) is 16.3 Å². The van der Waals surface area contributed by atoms with Crippen molar-refractivity contribution in [3.63, 3.8) is 0 Å². The third-order valence-corrected chi connectivity index (χ3v) is 5.41. The van der Waals surface area contributed by atoms with Crippen molar-refractivity contribution in [1.29, 1.82) is 0 Å². The molecule has 6 nitrogen and oxygen atoms in total. The lowest BCUT2D eigenvalue weighted by Gasteiger charge is -2.18. The van der Waals surface area contributed by atoms with Crippen LogP contribution >= 0.6 is 11.6 Å². The number of nitrogens with zero attached hydrogens (tertiary/aromatic N) is 1. The van der Waals surface area contributed by atoms with E-state index in [1.165, 1.54) is 0 Å². The number of nitrogens with one attached hydrogen (secondary N) is 3. The van der Waals surface area contributed by atoms with E-state index < -0.39 is 0 Å². The summed E-state index contributed by atoms with van der Waals surface area (Å²) in [5, 5.41) is 6.54. The van der Waals surface area contributed by atoms with Crippen LogP contribution in [0.4, 0.5) is 4.79 Å². The molecule has 31 heavy (non-hydrogen) atoms. The van der Waals surface area contributed by atoms with Crippen LogP contribution in [0.2, 0.25) is 5.02 Å². The number of fused-ring (bicyclic) bond motifs is 1. The van der Waals surface area contributed by atoms with E-state index in [0.717, 1.165) is 27.9 Å². The number of amides is 2. The summed E-state index contributed by atoms with van der Waals surface area (Å²) < 4.78 is 5.24. The number of ether oxygens (including phenoxy) is 1. The Kier molecular flexibility index (Phi) is 6.38. The number of rotatable bonds is 7. The molecule has 158 valence electrons. The van der Waals surface area contributed by atoms with Crippen LogP contribution in [-0.4, -0.2) is 23.1 Å². The van der Waals surface area contributed by atoms with Gasteiger partial charge in [-0.25, -0.2) is 9.78 Å². The molecule has 0 aliphatic heterocycles. The summed E-state index contributed by atoms with van der Waals surface area (Å²) in [5.41, 5.74) is 3.69. The average molecular weight is 435 g/mol. The number of aromatic nitrogens is 2. The lowest BCUT2D eigenvalue weighted by Crippen LogP contribution is -2.38. The highest BCUT2D eigenvalue weighted by molar-refractivity contribution is 6.31. The maximum atomic E-state index is 12.7. The fraction of sp³-hybridized carbons (Fsp3) is 0.167. The Bertz CT molecular complexity index is 1140. The summed E-state index contributed by atoms with van der Waals surface area (Å²) in [4.78, 5) is 20.7. The highest BCUT2D eigenvalue weighted by Gasteiger charge is 2.19. The zero-order valence-corrected chi connectivity index (χ0v) is 17.8. The zero-order chi connectivity index (χ0) is 21.6. The summed E-state index contributed by atoms with van der Waals surface area (Å²) in [6.07, 6.45) is 0.573. The highest BCUT2D eigenvalue weighted by Crippen LogP contribution is 2.21. The minimum absolute atomic E-state index is 0.293. The van der Waals surface area contributed by atoms with E-state index in [2.05, 4.69) is 20.6 Å². The maximum absolute atomic E-state index is 12.7. The summed E-state index contributed by atoms with van der Waals surface area (Å²) in [6, 6.07) is 22.4. The molecule has 2 amide bonds. The van der Waals surface area contributed by atoms with Crippen molar-refractivity contribution in [2.45, 2.75) is 19.0 Å². The van der Waals surface area contributed by atoms with Crippen molar-refractivity contribution in [2.24, 2.45) is 0 Å². The van der Waals surface area contributed by atoms with Gasteiger partial charge in [-0.1, -0.05) is 54.1 Å². The number of urea groups is 1. The molecule has 0 aliphatic carbocycles. The van der Waals surface area contributed by atoms with Crippen LogP contribution in [0.1, 0.15) is 23.0 Å². The van der Waals surface area contributed by atoms with E-state index in [-0.39, 0.29) is 12.1 Å². The molecule has 3 aromatic carbocycles. The number of carbonyl (C=O) groups is 1. The SMILES string of the molecule is COc1ccc(CC(NC(=O)NCc2ccccc2Cl)c2nc3ccccc3[nH]2)cc1. The average Bonchev–Trinajstić information content (AvgIpc) is 3.23. The molecule has 1 unspecified atom stereocenters. The largest absolute Gasteiger partial charge is 0.497 e. The first kappa shape index (κ1) is 20.8. The third kappa shape index (κ3) is 5.16. The number of methoxy groups -OCH3 is 1. The van der Waals surface area contributed by atoms with Crippen molar-refractivity contribution in [3.8, 4) is 5.75 Å². The fourth-order valence-electron chi connectivity index (χ4n) is 3.38. The predicted octanol–water partition coefficient (Wildman–Crippen LogP) is 5.01. The van der Waals surface area contributed by atoms with Crippen molar-refractivity contribution in [3.05, 3.63) is 94.8 Å². The molecule has 1 atom stereocenters. The minimum atomic E-state index is -0.341. The number of para-hydroxylation sites is 2. The number of carbonyl (C=O) groups excluding carboxylic acids is 1. The van der Waals surface area contributed by atoms with Crippen LogP contribution in [0.15, 0.2) is 72.8 Å². The van der Waals surface area contributed by atoms with Crippen LogP contribution in [-0.2, 0) is 13.0 Å². The molecule has 0 spiro atoms. The lowest BCUT2D eigenvalue weighted by molar-refractivity contribution is 0.236. The molecule has 7 heteroatoms. The van der Waals surface area contributed by atoms with Gasteiger partial charge < -0.3 is 20.4 Å². The fourth-order valence-corrected chi connectivity index (χ4v) is 3.58. The number of imidazole rings is 1. The molecule has 1 heterocycles. The van der Waals surface area contributed by atoms with E-state index >= 15 is 0 Å². The highest BCUT2D eigenvalue weighted by atomic mass is 35.5. The van der Waals surface area contributed by atoms with Crippen LogP contribution < -0.4 is 15.4 Å². The van der Waals surface area contributed by atoms with Crippen LogP contribution in [0.25, 0.3) is 11.0 Å². The Hall–Kier alpha value is -3.51. The molecule has 4 aromatic rings. The van der Waals surface area contributed by atoms with E-state index in [0.29, 0.717) is 23.8 Å². The summed E-state index contributed by atoms with van der Waals surface area (Å²) >= 11 is 6.19. The Labute approximate surface area is 185 Å². The number of hydrogen-bond donors (Lipinski definition) is 3. The molecular formula is C24H23ClN4O2. The number of hydrogen-bond acceptors (Lipinski definition) is 3. The first-order valence-corrected chi connectivity index (χ1v) is 10.4. The van der Waals surface area contributed by atoms with Gasteiger partial charge in [0.2, 0.25) is 0 Å². The third-order valence-electron chi connectivity index (χ3n) is 5.04. The Morgan fingerprint density at radius 1 is 1.06 bits per heavy atom. The van der Waals surface area contributed by atoms with Crippen LogP contribution in [0.5, 0.6) is 5.75 Å². The van der Waals surface area contributed by atoms with Gasteiger partial charge in [-0.3, -0.25) is 0 Å². The monoisotopic (exact) mass is 434 g/mol. The Morgan fingerprint density at radius 3 is 2.55 bits per heavy atom. The number of halogens is 1. The quantitative estimate of drug-likeness (QED) is 0.382. The minimum Gasteiger partial charge on any atom is -0.497 e. The maximum Gasteiger partial charge on any atom is 0.315 e. The van der Waals surface area contributed by atoms with Gasteiger partial charge in [0.05, 0.1) is 24.2 Å². The molecule has 0 saturated heterocycles. The second-order valence-corrected chi connectivity index (χ2v) is 7.57. The van der Waals surface area contributed by atoms with E-state index in [1.807, 2.05) is 66.7 Å². The van der Waals surface area contributed by atoms with Crippen molar-refractivity contribution < 1.29 is 9.53 Å². The molecule has 4 rings (SSSR count). The van der Waals surface area contributed by atoms with Crippen molar-refractivity contribution in [2.75, 3.05) is 7.11 Å². The smallest absolute Gasteiger partial charge is 0.315 e. The lowest BCUT2D eigenvalue weighted by atomic mass is 10.1. The number of aromatic amines is 1. The molecule has 3 N–H and O–H groups in total. The van der Waals surface area contributed by atoms with Gasteiger partial charge in [0.1, 0.15) is 11.6 Å². The molecular weight excluding hydrogens is 412 g/mol. The van der Waals surface area contributed by atoms with Crippen molar-refractivity contribution >= 4 is 28.7 Å². The standard InChI is InChI=1S/C24H23ClN4O2/c1-31-18-12-10-16(11-13-18)14-22(23-27-20-8-4-5-9-21(20)28-23)29-24(30)26-15-17-6-2-3-7-19(17)25/h2-13,22H,14-15H2,1H3,(H,27,28)(H2,26,29,30). The second kappa shape index (κ2) is 9.53. The molecule has 0 bridgehead atoms. The van der Waals surface area contributed by atoms with Crippen LogP contribution in [0.3, 0.4) is 0 Å². The molecule has 0 saturated carbocycles. The molecule has 0 aliphatic rings. The van der Waals surface area contributed by atoms with Gasteiger partial charge in [0.15, 0.2) is 0 Å². The first-order valence-electron chi connectivity index (χ1n) is 9.98.